The first-order valence-electron chi connectivity index (χ1n) is 6.79. The smallest absolute Gasteiger partial charge is 0.305 e. The number of aliphatic carboxylic acids is 1. The molecule has 0 aromatic carbocycles. The maximum Gasteiger partial charge on any atom is 0.305 e. The summed E-state index contributed by atoms with van der Waals surface area (Å²) in [6.07, 6.45) is 2.04. The van der Waals surface area contributed by atoms with Crippen LogP contribution in [0.15, 0.2) is 0 Å². The summed E-state index contributed by atoms with van der Waals surface area (Å²) in [5, 5.41) is 8.69. The Morgan fingerprint density at radius 1 is 1.40 bits per heavy atom. The van der Waals surface area contributed by atoms with Crippen molar-refractivity contribution in [3.8, 4) is 0 Å². The molecular weight excluding hydrogens is 284 g/mol. The summed E-state index contributed by atoms with van der Waals surface area (Å²) in [4.78, 5) is 24.3. The average molecular weight is 306 g/mol. The maximum absolute atomic E-state index is 12.2. The van der Waals surface area contributed by atoms with Gasteiger partial charge in [-0.05, 0) is 26.2 Å². The van der Waals surface area contributed by atoms with Gasteiger partial charge in [0, 0.05) is 12.6 Å². The fourth-order valence-corrected chi connectivity index (χ4v) is 3.27. The Hall–Kier alpha value is -1.15. The topological polar surface area (TPSA) is 104 Å². The third-order valence-electron chi connectivity index (χ3n) is 3.04. The average Bonchev–Trinajstić information content (AvgIpc) is 3.12. The highest BCUT2D eigenvalue weighted by molar-refractivity contribution is 7.89. The summed E-state index contributed by atoms with van der Waals surface area (Å²) < 4.78 is 25.6. The molecule has 116 valence electrons. The minimum Gasteiger partial charge on any atom is -0.481 e. The summed E-state index contributed by atoms with van der Waals surface area (Å²) in [7, 11) is -3.46. The predicted octanol–water partition coefficient (Wildman–Crippen LogP) is 0.170. The van der Waals surface area contributed by atoms with E-state index in [1.54, 1.807) is 6.92 Å². The number of amides is 1. The molecule has 1 atom stereocenters. The van der Waals surface area contributed by atoms with Crippen LogP contribution in [0.4, 0.5) is 0 Å². The van der Waals surface area contributed by atoms with E-state index in [0.29, 0.717) is 6.42 Å². The third kappa shape index (κ3) is 5.46. The molecule has 0 aromatic heterocycles. The van der Waals surface area contributed by atoms with E-state index in [1.807, 2.05) is 0 Å². The van der Waals surface area contributed by atoms with Crippen molar-refractivity contribution in [3.05, 3.63) is 0 Å². The van der Waals surface area contributed by atoms with Gasteiger partial charge in [0.25, 0.3) is 0 Å². The molecule has 0 heterocycles. The molecule has 8 heteroatoms. The van der Waals surface area contributed by atoms with Crippen LogP contribution in [0.1, 0.15) is 39.5 Å². The number of nitrogens with one attached hydrogen (secondary N) is 1. The third-order valence-corrected chi connectivity index (χ3v) is 4.70. The number of carboxylic acid groups (broad SMARTS) is 1. The standard InChI is InChI=1S/C12H22N2O5S/c1-3-8-20(18,19)13-9(2)12(17)14(10-4-5-10)7-6-11(15)16/h9-10,13H,3-8H2,1-2H3,(H,15,16). The normalized spacial score (nSPS) is 16.7. The highest BCUT2D eigenvalue weighted by Gasteiger charge is 2.35. The van der Waals surface area contributed by atoms with Gasteiger partial charge in [-0.15, -0.1) is 0 Å². The van der Waals surface area contributed by atoms with Crippen LogP contribution in [0.3, 0.4) is 0 Å². The Kier molecular flexibility index (Phi) is 5.94. The van der Waals surface area contributed by atoms with Gasteiger partial charge in [0.1, 0.15) is 0 Å². The van der Waals surface area contributed by atoms with Crippen molar-refractivity contribution in [1.29, 1.82) is 0 Å². The van der Waals surface area contributed by atoms with Crippen molar-refractivity contribution in [1.82, 2.24) is 9.62 Å². The van der Waals surface area contributed by atoms with Gasteiger partial charge < -0.3 is 10.0 Å². The number of nitrogens with zero attached hydrogens (tertiary/aromatic N) is 1. The zero-order valence-corrected chi connectivity index (χ0v) is 12.6. The second-order valence-corrected chi connectivity index (χ2v) is 6.94. The molecule has 20 heavy (non-hydrogen) atoms. The fourth-order valence-electron chi connectivity index (χ4n) is 1.97. The summed E-state index contributed by atoms with van der Waals surface area (Å²) in [6, 6.07) is -0.805. The first-order chi connectivity index (χ1) is 9.26. The van der Waals surface area contributed by atoms with Gasteiger partial charge in [-0.3, -0.25) is 9.59 Å². The van der Waals surface area contributed by atoms with Gasteiger partial charge in [0.2, 0.25) is 15.9 Å². The Morgan fingerprint density at radius 3 is 2.45 bits per heavy atom. The van der Waals surface area contributed by atoms with Gasteiger partial charge in [0.15, 0.2) is 0 Å². The van der Waals surface area contributed by atoms with Crippen molar-refractivity contribution in [2.45, 2.75) is 51.6 Å². The van der Waals surface area contributed by atoms with Crippen LogP contribution < -0.4 is 4.72 Å². The van der Waals surface area contributed by atoms with Crippen molar-refractivity contribution >= 4 is 21.9 Å². The van der Waals surface area contributed by atoms with E-state index in [9.17, 15) is 18.0 Å². The number of carboxylic acids is 1. The molecule has 1 saturated carbocycles. The van der Waals surface area contributed by atoms with Gasteiger partial charge >= 0.3 is 5.97 Å². The Bertz CT molecular complexity index is 458. The van der Waals surface area contributed by atoms with Crippen LogP contribution in [0.5, 0.6) is 0 Å². The van der Waals surface area contributed by atoms with Crippen LogP contribution in [0, 0.1) is 0 Å². The minimum atomic E-state index is -3.46. The lowest BCUT2D eigenvalue weighted by Crippen LogP contribution is -2.48. The Balaban J connectivity index is 2.62. The lowest BCUT2D eigenvalue weighted by Gasteiger charge is -2.25. The van der Waals surface area contributed by atoms with E-state index in [4.69, 9.17) is 5.11 Å². The Labute approximate surface area is 119 Å². The monoisotopic (exact) mass is 306 g/mol. The Morgan fingerprint density at radius 2 is 2.00 bits per heavy atom. The van der Waals surface area contributed by atoms with Crippen LogP contribution >= 0.6 is 0 Å². The van der Waals surface area contributed by atoms with Gasteiger partial charge in [0.05, 0.1) is 18.2 Å². The zero-order chi connectivity index (χ0) is 15.3. The summed E-state index contributed by atoms with van der Waals surface area (Å²) in [5.74, 6) is -1.35. The molecule has 0 spiro atoms. The van der Waals surface area contributed by atoms with E-state index in [0.717, 1.165) is 12.8 Å². The number of rotatable bonds is 9. The van der Waals surface area contributed by atoms with E-state index < -0.39 is 22.0 Å². The van der Waals surface area contributed by atoms with Crippen LogP contribution in [0.25, 0.3) is 0 Å². The van der Waals surface area contributed by atoms with E-state index >= 15 is 0 Å². The molecule has 1 fully saturated rings. The van der Waals surface area contributed by atoms with Gasteiger partial charge in [-0.25, -0.2) is 13.1 Å². The largest absolute Gasteiger partial charge is 0.481 e. The highest BCUT2D eigenvalue weighted by atomic mass is 32.2. The first-order valence-corrected chi connectivity index (χ1v) is 8.44. The van der Waals surface area contributed by atoms with Gasteiger partial charge in [-0.1, -0.05) is 6.92 Å². The van der Waals surface area contributed by atoms with Crippen LogP contribution in [-0.2, 0) is 19.6 Å². The quantitative estimate of drug-likeness (QED) is 0.632. The van der Waals surface area contributed by atoms with Crippen molar-refractivity contribution in [2.75, 3.05) is 12.3 Å². The van der Waals surface area contributed by atoms with E-state index in [1.165, 1.54) is 11.8 Å². The SMILES string of the molecule is CCCS(=O)(=O)NC(C)C(=O)N(CCC(=O)O)C1CC1. The predicted molar refractivity (Wildman–Crippen MR) is 73.7 cm³/mol. The second-order valence-electron chi connectivity index (χ2n) is 5.06. The second kappa shape index (κ2) is 7.03. The molecule has 0 aromatic rings. The molecule has 0 radical (unpaired) electrons. The minimum absolute atomic E-state index is 0.0246. The summed E-state index contributed by atoms with van der Waals surface area (Å²) >= 11 is 0. The molecule has 0 saturated heterocycles. The lowest BCUT2D eigenvalue weighted by molar-refractivity contribution is -0.139. The molecular formula is C12H22N2O5S. The molecule has 1 rings (SSSR count). The van der Waals surface area contributed by atoms with Crippen molar-refractivity contribution in [2.24, 2.45) is 0 Å². The molecule has 1 amide bonds. The first kappa shape index (κ1) is 16.9. The number of carbonyl (C=O) groups is 2. The summed E-state index contributed by atoms with van der Waals surface area (Å²) in [6.45, 7) is 3.36. The molecule has 2 N–H and O–H groups in total. The van der Waals surface area contributed by atoms with Crippen LogP contribution in [0.2, 0.25) is 0 Å². The van der Waals surface area contributed by atoms with Crippen LogP contribution in [-0.4, -0.2) is 54.7 Å². The zero-order valence-electron chi connectivity index (χ0n) is 11.8. The fraction of sp³-hybridized carbons (Fsp3) is 0.833. The van der Waals surface area contributed by atoms with Gasteiger partial charge in [-0.2, -0.15) is 0 Å². The highest BCUT2D eigenvalue weighted by Crippen LogP contribution is 2.27. The lowest BCUT2D eigenvalue weighted by atomic mass is 10.2. The number of sulfonamides is 1. The van der Waals surface area contributed by atoms with E-state index in [2.05, 4.69) is 4.72 Å². The number of hydrogen-bond acceptors (Lipinski definition) is 4. The number of hydrogen-bond donors (Lipinski definition) is 2. The maximum atomic E-state index is 12.2. The molecule has 0 bridgehead atoms. The summed E-state index contributed by atoms with van der Waals surface area (Å²) in [5.41, 5.74) is 0. The molecule has 7 nitrogen and oxygen atoms in total. The van der Waals surface area contributed by atoms with E-state index in [-0.39, 0.29) is 30.7 Å². The van der Waals surface area contributed by atoms with Crippen molar-refractivity contribution < 1.29 is 23.1 Å². The molecule has 1 aliphatic carbocycles. The molecule has 1 aliphatic rings. The molecule has 1 unspecified atom stereocenters. The number of carbonyl (C=O) groups excluding carboxylic acids is 1. The molecule has 0 aliphatic heterocycles. The van der Waals surface area contributed by atoms with Crippen molar-refractivity contribution in [3.63, 3.8) is 0 Å².